The number of phenolic OH excluding ortho intramolecular Hbond substituents is 1. The van der Waals surface area contributed by atoms with E-state index < -0.39 is 40.8 Å². The van der Waals surface area contributed by atoms with Gasteiger partial charge in [0.1, 0.15) is 5.54 Å². The number of aliphatic carboxylic acids is 1. The molecule has 3 rings (SSSR count). The van der Waals surface area contributed by atoms with Crippen molar-refractivity contribution in [2.75, 3.05) is 0 Å². The van der Waals surface area contributed by atoms with Crippen LogP contribution in [0.3, 0.4) is 0 Å². The molecule has 0 aliphatic heterocycles. The number of aromatic hydroxyl groups is 1. The van der Waals surface area contributed by atoms with E-state index in [4.69, 9.17) is 11.6 Å². The van der Waals surface area contributed by atoms with E-state index in [-0.39, 0.29) is 22.9 Å². The van der Waals surface area contributed by atoms with Gasteiger partial charge in [0.15, 0.2) is 11.6 Å². The molecule has 1 amide bonds. The quantitative estimate of drug-likeness (QED) is 0.483. The lowest BCUT2D eigenvalue weighted by atomic mass is 9.93. The number of rotatable bonds is 6. The van der Waals surface area contributed by atoms with E-state index in [9.17, 15) is 24.6 Å². The van der Waals surface area contributed by atoms with Crippen LogP contribution in [0.15, 0.2) is 36.4 Å². The number of aromatic nitrogens is 1. The fourth-order valence-corrected chi connectivity index (χ4v) is 3.92. The molecule has 0 aliphatic rings. The molecule has 174 valence electrons. The predicted octanol–water partition coefficient (Wildman–Crippen LogP) is 4.61. The second-order valence-electron chi connectivity index (χ2n) is 8.14. The standard InChI is InChI=1S/C24H24ClFN2O5/c1-5-24(4,23(32)33)27-21(30)12(2)18-13(3)28(16-10-11-17(29)20(26)19(16)18)22(31)14-6-8-15(25)9-7-14/h6-12,29H,5H2,1-4H3,(H,27,30)(H,32,33). The summed E-state index contributed by atoms with van der Waals surface area (Å²) in [6.07, 6.45) is 0.131. The third-order valence-electron chi connectivity index (χ3n) is 6.03. The molecule has 9 heteroatoms. The lowest BCUT2D eigenvalue weighted by Crippen LogP contribution is -2.52. The number of amides is 1. The van der Waals surface area contributed by atoms with Gasteiger partial charge in [-0.15, -0.1) is 0 Å². The molecule has 7 nitrogen and oxygen atoms in total. The lowest BCUT2D eigenvalue weighted by Gasteiger charge is -2.26. The summed E-state index contributed by atoms with van der Waals surface area (Å²) in [5.74, 6) is -4.94. The largest absolute Gasteiger partial charge is 0.505 e. The number of nitrogens with zero attached hydrogens (tertiary/aromatic N) is 1. The maximum absolute atomic E-state index is 15.1. The summed E-state index contributed by atoms with van der Waals surface area (Å²) >= 11 is 5.91. The fourth-order valence-electron chi connectivity index (χ4n) is 3.80. The highest BCUT2D eigenvalue weighted by molar-refractivity contribution is 6.30. The highest BCUT2D eigenvalue weighted by Crippen LogP contribution is 2.37. The Balaban J connectivity index is 2.20. The summed E-state index contributed by atoms with van der Waals surface area (Å²) in [6.45, 7) is 6.07. The number of carbonyl (C=O) groups excluding carboxylic acids is 2. The number of fused-ring (bicyclic) bond motifs is 1. The van der Waals surface area contributed by atoms with Crippen molar-refractivity contribution in [1.82, 2.24) is 9.88 Å². The van der Waals surface area contributed by atoms with Crippen LogP contribution in [0.1, 0.15) is 54.7 Å². The van der Waals surface area contributed by atoms with E-state index in [1.165, 1.54) is 36.6 Å². The van der Waals surface area contributed by atoms with Crippen LogP contribution >= 0.6 is 11.6 Å². The lowest BCUT2D eigenvalue weighted by molar-refractivity contribution is -0.147. The number of carboxylic acids is 1. The molecule has 0 radical (unpaired) electrons. The highest BCUT2D eigenvalue weighted by atomic mass is 35.5. The summed E-state index contributed by atoms with van der Waals surface area (Å²) in [7, 11) is 0. The summed E-state index contributed by atoms with van der Waals surface area (Å²) in [5, 5.41) is 22.4. The smallest absolute Gasteiger partial charge is 0.329 e. The Hall–Kier alpha value is -3.39. The Bertz CT molecular complexity index is 1270. The first-order valence-corrected chi connectivity index (χ1v) is 10.7. The number of carboxylic acid groups (broad SMARTS) is 1. The van der Waals surface area contributed by atoms with E-state index in [1.54, 1.807) is 26.0 Å². The minimum absolute atomic E-state index is 0.0778. The van der Waals surface area contributed by atoms with Gasteiger partial charge in [-0.1, -0.05) is 18.5 Å². The van der Waals surface area contributed by atoms with Gasteiger partial charge in [-0.3, -0.25) is 14.2 Å². The Morgan fingerprint density at radius 3 is 2.33 bits per heavy atom. The molecule has 2 aromatic carbocycles. The van der Waals surface area contributed by atoms with Crippen molar-refractivity contribution in [3.63, 3.8) is 0 Å². The van der Waals surface area contributed by atoms with Crippen molar-refractivity contribution in [2.45, 2.75) is 45.6 Å². The molecule has 33 heavy (non-hydrogen) atoms. The molecule has 1 heterocycles. The second-order valence-corrected chi connectivity index (χ2v) is 8.58. The van der Waals surface area contributed by atoms with Crippen molar-refractivity contribution in [3.8, 4) is 5.75 Å². The Labute approximate surface area is 194 Å². The van der Waals surface area contributed by atoms with Gasteiger partial charge in [0, 0.05) is 21.7 Å². The van der Waals surface area contributed by atoms with E-state index in [2.05, 4.69) is 5.32 Å². The van der Waals surface area contributed by atoms with E-state index in [0.717, 1.165) is 6.07 Å². The van der Waals surface area contributed by atoms with Crippen molar-refractivity contribution < 1.29 is 29.0 Å². The molecule has 0 fully saturated rings. The zero-order valence-corrected chi connectivity index (χ0v) is 19.3. The molecule has 3 N–H and O–H groups in total. The molecule has 2 atom stereocenters. The molecular formula is C24H24ClFN2O5. The predicted molar refractivity (Wildman–Crippen MR) is 122 cm³/mol. The summed E-state index contributed by atoms with van der Waals surface area (Å²) in [6, 6.07) is 8.70. The van der Waals surface area contributed by atoms with Gasteiger partial charge in [0.25, 0.3) is 5.91 Å². The van der Waals surface area contributed by atoms with Gasteiger partial charge >= 0.3 is 5.97 Å². The first-order chi connectivity index (χ1) is 15.4. The maximum atomic E-state index is 15.1. The minimum atomic E-state index is -1.52. The first kappa shape index (κ1) is 24.3. The zero-order valence-electron chi connectivity index (χ0n) is 18.6. The summed E-state index contributed by atoms with van der Waals surface area (Å²) < 4.78 is 16.4. The van der Waals surface area contributed by atoms with Crippen molar-refractivity contribution in [1.29, 1.82) is 0 Å². The van der Waals surface area contributed by atoms with Crippen LogP contribution in [0.4, 0.5) is 4.39 Å². The second kappa shape index (κ2) is 8.86. The number of halogens is 2. The maximum Gasteiger partial charge on any atom is 0.329 e. The number of carbonyl (C=O) groups is 3. The van der Waals surface area contributed by atoms with E-state index >= 15 is 4.39 Å². The van der Waals surface area contributed by atoms with Crippen molar-refractivity contribution in [2.24, 2.45) is 0 Å². The zero-order chi connectivity index (χ0) is 24.7. The molecule has 2 unspecified atom stereocenters. The van der Waals surface area contributed by atoms with Crippen LogP contribution in [0, 0.1) is 12.7 Å². The molecule has 0 bridgehead atoms. The number of hydrogen-bond donors (Lipinski definition) is 3. The van der Waals surface area contributed by atoms with Crippen LogP contribution < -0.4 is 5.32 Å². The van der Waals surface area contributed by atoms with Gasteiger partial charge in [-0.05, 0) is 69.2 Å². The Morgan fingerprint density at radius 2 is 1.79 bits per heavy atom. The number of benzene rings is 2. The monoisotopic (exact) mass is 474 g/mol. The summed E-state index contributed by atoms with van der Waals surface area (Å²) in [5.41, 5.74) is -0.570. The third-order valence-corrected chi connectivity index (χ3v) is 6.29. The number of hydrogen-bond acceptors (Lipinski definition) is 4. The molecule has 0 aliphatic carbocycles. The average molecular weight is 475 g/mol. The topological polar surface area (TPSA) is 109 Å². The molecule has 0 saturated carbocycles. The van der Waals surface area contributed by atoms with Crippen LogP contribution in [0.2, 0.25) is 5.02 Å². The molecular weight excluding hydrogens is 451 g/mol. The van der Waals surface area contributed by atoms with Crippen molar-refractivity contribution in [3.05, 3.63) is 64.1 Å². The van der Waals surface area contributed by atoms with Gasteiger partial charge in [-0.25, -0.2) is 9.18 Å². The van der Waals surface area contributed by atoms with E-state index in [0.29, 0.717) is 16.3 Å². The van der Waals surface area contributed by atoms with Crippen LogP contribution in [0.25, 0.3) is 10.9 Å². The van der Waals surface area contributed by atoms with Crippen molar-refractivity contribution >= 4 is 40.3 Å². The molecule has 1 aromatic heterocycles. The Kier molecular flexibility index (Phi) is 6.51. The SMILES string of the molecule is CCC(C)(NC(=O)C(C)c1c(C)n(C(=O)c2ccc(Cl)cc2)c2ccc(O)c(F)c12)C(=O)O. The number of phenols is 1. The number of nitrogens with one attached hydrogen (secondary N) is 1. The van der Waals surface area contributed by atoms with Crippen LogP contribution in [-0.2, 0) is 9.59 Å². The highest BCUT2D eigenvalue weighted by Gasteiger charge is 2.36. The molecule has 0 saturated heterocycles. The fraction of sp³-hybridized carbons (Fsp3) is 0.292. The summed E-state index contributed by atoms with van der Waals surface area (Å²) in [4.78, 5) is 38.0. The molecule has 3 aromatic rings. The minimum Gasteiger partial charge on any atom is -0.505 e. The Morgan fingerprint density at radius 1 is 1.18 bits per heavy atom. The van der Waals surface area contributed by atoms with Crippen LogP contribution in [0.5, 0.6) is 5.75 Å². The van der Waals surface area contributed by atoms with Gasteiger partial charge in [0.2, 0.25) is 5.91 Å². The van der Waals surface area contributed by atoms with Crippen LogP contribution in [-0.4, -0.2) is 38.1 Å². The van der Waals surface area contributed by atoms with E-state index in [1.807, 2.05) is 0 Å². The normalized spacial score (nSPS) is 14.0. The van der Waals surface area contributed by atoms with Gasteiger partial charge in [-0.2, -0.15) is 0 Å². The van der Waals surface area contributed by atoms with Gasteiger partial charge < -0.3 is 15.5 Å². The first-order valence-electron chi connectivity index (χ1n) is 10.3. The average Bonchev–Trinajstić information content (AvgIpc) is 3.07. The van der Waals surface area contributed by atoms with Gasteiger partial charge in [0.05, 0.1) is 11.4 Å². The molecule has 0 spiro atoms. The third kappa shape index (κ3) is 4.18.